The summed E-state index contributed by atoms with van der Waals surface area (Å²) in [4.78, 5) is 29.2. The molecule has 0 spiro atoms. The van der Waals surface area contributed by atoms with Gasteiger partial charge in [-0.15, -0.1) is 5.10 Å². The van der Waals surface area contributed by atoms with Crippen molar-refractivity contribution in [3.8, 4) is 5.75 Å². The maximum Gasteiger partial charge on any atom is 0.249 e. The molecule has 0 unspecified atom stereocenters. The number of anilines is 1. The predicted molar refractivity (Wildman–Crippen MR) is 138 cm³/mol. The average molecular weight is 502 g/mol. The van der Waals surface area contributed by atoms with Gasteiger partial charge >= 0.3 is 0 Å². The van der Waals surface area contributed by atoms with Gasteiger partial charge in [-0.2, -0.15) is 0 Å². The van der Waals surface area contributed by atoms with Crippen LogP contribution in [0.25, 0.3) is 11.0 Å². The van der Waals surface area contributed by atoms with Gasteiger partial charge in [0.25, 0.3) is 0 Å². The van der Waals surface area contributed by atoms with Crippen LogP contribution in [0.15, 0.2) is 72.8 Å². The number of carbonyl (C=O) groups is 2. The molecule has 1 aliphatic rings. The van der Waals surface area contributed by atoms with Crippen LogP contribution in [0.3, 0.4) is 0 Å². The number of halogens is 1. The molecule has 1 atom stereocenters. The second kappa shape index (κ2) is 10.8. The molecule has 1 N–H and O–H groups in total. The van der Waals surface area contributed by atoms with Crippen molar-refractivity contribution >= 4 is 28.5 Å². The molecule has 8 nitrogen and oxygen atoms in total. The van der Waals surface area contributed by atoms with Crippen molar-refractivity contribution < 1.29 is 18.7 Å². The molecule has 1 heterocycles. The largest absolute Gasteiger partial charge is 0.497 e. The van der Waals surface area contributed by atoms with E-state index in [1.807, 2.05) is 18.2 Å². The van der Waals surface area contributed by atoms with E-state index in [1.54, 1.807) is 48.5 Å². The number of nitrogens with one attached hydrogen (secondary N) is 1. The van der Waals surface area contributed by atoms with E-state index in [2.05, 4.69) is 15.6 Å². The lowest BCUT2D eigenvalue weighted by molar-refractivity contribution is -0.127. The molecule has 1 aromatic heterocycles. The minimum absolute atomic E-state index is 0.0108. The molecule has 1 fully saturated rings. The minimum atomic E-state index is -1.24. The quantitative estimate of drug-likeness (QED) is 0.386. The van der Waals surface area contributed by atoms with Gasteiger partial charge in [0.15, 0.2) is 0 Å². The van der Waals surface area contributed by atoms with Crippen LogP contribution in [0.2, 0.25) is 0 Å². The Balaban J connectivity index is 1.60. The number of carbonyl (C=O) groups excluding carboxylic acids is 2. The van der Waals surface area contributed by atoms with Crippen molar-refractivity contribution in [3.05, 3.63) is 84.2 Å². The minimum Gasteiger partial charge on any atom is -0.497 e. The lowest BCUT2D eigenvalue weighted by Gasteiger charge is -2.32. The van der Waals surface area contributed by atoms with Crippen LogP contribution in [0.5, 0.6) is 5.75 Å². The van der Waals surface area contributed by atoms with Crippen LogP contribution in [-0.2, 0) is 16.1 Å². The number of hydrogen-bond donors (Lipinski definition) is 1. The molecular weight excluding hydrogens is 473 g/mol. The number of amides is 2. The van der Waals surface area contributed by atoms with Crippen LogP contribution >= 0.6 is 0 Å². The molecule has 0 bridgehead atoms. The number of nitrogens with zero attached hydrogens (tertiary/aromatic N) is 4. The van der Waals surface area contributed by atoms with E-state index in [0.717, 1.165) is 25.7 Å². The van der Waals surface area contributed by atoms with Gasteiger partial charge in [-0.3, -0.25) is 14.5 Å². The van der Waals surface area contributed by atoms with E-state index in [0.29, 0.717) is 22.5 Å². The zero-order valence-corrected chi connectivity index (χ0v) is 20.5. The first-order valence-corrected chi connectivity index (χ1v) is 12.3. The van der Waals surface area contributed by atoms with Gasteiger partial charge in [0.2, 0.25) is 11.8 Å². The molecule has 190 valence electrons. The lowest BCUT2D eigenvalue weighted by Crippen LogP contribution is -2.47. The summed E-state index contributed by atoms with van der Waals surface area (Å²) in [7, 11) is 1.52. The second-order valence-electron chi connectivity index (χ2n) is 9.12. The maximum atomic E-state index is 15.2. The van der Waals surface area contributed by atoms with Crippen molar-refractivity contribution in [1.29, 1.82) is 0 Å². The Morgan fingerprint density at radius 1 is 1.08 bits per heavy atom. The number of benzene rings is 3. The predicted octanol–water partition coefficient (Wildman–Crippen LogP) is 4.41. The van der Waals surface area contributed by atoms with Crippen LogP contribution in [-0.4, -0.2) is 40.0 Å². The van der Waals surface area contributed by atoms with Crippen molar-refractivity contribution in [2.75, 3.05) is 12.0 Å². The molecule has 4 aromatic rings. The normalized spacial score (nSPS) is 14.4. The molecule has 9 heteroatoms. The fourth-order valence-corrected chi connectivity index (χ4v) is 4.88. The Bertz CT molecular complexity index is 1420. The molecule has 37 heavy (non-hydrogen) atoms. The highest BCUT2D eigenvalue weighted by Gasteiger charge is 2.36. The summed E-state index contributed by atoms with van der Waals surface area (Å²) in [6.45, 7) is -0.195. The number of hydrogen-bond acceptors (Lipinski definition) is 5. The van der Waals surface area contributed by atoms with Gasteiger partial charge in [0.1, 0.15) is 29.7 Å². The number of rotatable bonds is 8. The SMILES string of the molecule is COc1cccc(N(C(=O)Cn2nnc3ccccc32)[C@@H](C(=O)NC2CCCC2)c2ccccc2F)c1. The highest BCUT2D eigenvalue weighted by molar-refractivity contribution is 6.01. The summed E-state index contributed by atoms with van der Waals surface area (Å²) in [5.41, 5.74) is 1.84. The Kier molecular flexibility index (Phi) is 7.11. The zero-order chi connectivity index (χ0) is 25.8. The van der Waals surface area contributed by atoms with Crippen LogP contribution in [0.1, 0.15) is 37.3 Å². The Labute approximate surface area is 214 Å². The molecule has 1 saturated carbocycles. The van der Waals surface area contributed by atoms with Crippen molar-refractivity contribution in [1.82, 2.24) is 20.3 Å². The average Bonchev–Trinajstić information content (AvgIpc) is 3.58. The summed E-state index contributed by atoms with van der Waals surface area (Å²) in [6.07, 6.45) is 3.75. The Morgan fingerprint density at radius 3 is 2.62 bits per heavy atom. The molecule has 0 aliphatic heterocycles. The van der Waals surface area contributed by atoms with Crippen molar-refractivity contribution in [3.63, 3.8) is 0 Å². The fourth-order valence-electron chi connectivity index (χ4n) is 4.88. The summed E-state index contributed by atoms with van der Waals surface area (Å²) < 4.78 is 22.1. The van der Waals surface area contributed by atoms with Crippen molar-refractivity contribution in [2.45, 2.75) is 44.3 Å². The van der Waals surface area contributed by atoms with Crippen LogP contribution < -0.4 is 15.0 Å². The Morgan fingerprint density at radius 2 is 1.84 bits per heavy atom. The summed E-state index contributed by atoms with van der Waals surface area (Å²) >= 11 is 0. The summed E-state index contributed by atoms with van der Waals surface area (Å²) in [6, 6.07) is 18.9. The Hall–Kier alpha value is -4.27. The van der Waals surface area contributed by atoms with E-state index in [1.165, 1.54) is 22.8 Å². The molecule has 1 aliphatic carbocycles. The van der Waals surface area contributed by atoms with Gasteiger partial charge in [-0.25, -0.2) is 9.07 Å². The van der Waals surface area contributed by atoms with Gasteiger partial charge in [-0.1, -0.05) is 54.5 Å². The summed E-state index contributed by atoms with van der Waals surface area (Å²) in [5, 5.41) is 11.3. The fraction of sp³-hybridized carbons (Fsp3) is 0.286. The zero-order valence-electron chi connectivity index (χ0n) is 20.5. The van der Waals surface area contributed by atoms with Gasteiger partial charge in [0, 0.05) is 23.4 Å². The third-order valence-electron chi connectivity index (χ3n) is 6.71. The molecule has 2 amide bonds. The van der Waals surface area contributed by atoms with Crippen LogP contribution in [0.4, 0.5) is 10.1 Å². The van der Waals surface area contributed by atoms with Gasteiger partial charge in [0.05, 0.1) is 12.6 Å². The first kappa shape index (κ1) is 24.4. The smallest absolute Gasteiger partial charge is 0.249 e. The van der Waals surface area contributed by atoms with Gasteiger partial charge < -0.3 is 10.1 Å². The highest BCUT2D eigenvalue weighted by atomic mass is 19.1. The molecule has 0 saturated heterocycles. The third-order valence-corrected chi connectivity index (χ3v) is 6.71. The lowest BCUT2D eigenvalue weighted by atomic mass is 10.0. The standard InChI is InChI=1S/C28H28FN5O3/c1-37-21-12-8-11-20(17-21)34(26(35)18-33-25-16-7-6-15-24(25)31-32-33)27(22-13-4-5-14-23(22)29)28(36)30-19-9-2-3-10-19/h4-8,11-17,19,27H,2-3,9-10,18H2,1H3,(H,30,36)/t27-/m1/s1. The van der Waals surface area contributed by atoms with Crippen molar-refractivity contribution in [2.24, 2.45) is 0 Å². The first-order chi connectivity index (χ1) is 18.0. The van der Waals surface area contributed by atoms with Gasteiger partial charge in [-0.05, 0) is 43.2 Å². The molecule has 5 rings (SSSR count). The van der Waals surface area contributed by atoms with E-state index in [-0.39, 0.29) is 18.2 Å². The number of aromatic nitrogens is 3. The van der Waals surface area contributed by atoms with E-state index in [9.17, 15) is 9.59 Å². The van der Waals surface area contributed by atoms with E-state index >= 15 is 4.39 Å². The molecular formula is C28H28FN5O3. The molecule has 3 aromatic carbocycles. The number of para-hydroxylation sites is 1. The second-order valence-corrected chi connectivity index (χ2v) is 9.12. The number of methoxy groups -OCH3 is 1. The topological polar surface area (TPSA) is 89.3 Å². The monoisotopic (exact) mass is 501 g/mol. The summed E-state index contributed by atoms with van der Waals surface area (Å²) in [5.74, 6) is -0.943. The van der Waals surface area contributed by atoms with E-state index in [4.69, 9.17) is 4.74 Å². The first-order valence-electron chi connectivity index (χ1n) is 12.3. The maximum absolute atomic E-state index is 15.2. The number of ether oxygens (including phenoxy) is 1. The van der Waals surface area contributed by atoms with Crippen LogP contribution in [0, 0.1) is 5.82 Å². The molecule has 0 radical (unpaired) electrons. The highest BCUT2D eigenvalue weighted by Crippen LogP contribution is 2.33. The van der Waals surface area contributed by atoms with E-state index < -0.39 is 23.7 Å². The number of fused-ring (bicyclic) bond motifs is 1. The third kappa shape index (κ3) is 5.16.